The summed E-state index contributed by atoms with van der Waals surface area (Å²) in [5, 5.41) is 1.26. The van der Waals surface area contributed by atoms with Gasteiger partial charge in [0.25, 0.3) is 0 Å². The predicted octanol–water partition coefficient (Wildman–Crippen LogP) is 3.15. The minimum atomic E-state index is 1.00. The Balaban J connectivity index is 1.73. The summed E-state index contributed by atoms with van der Waals surface area (Å²) in [6.07, 6.45) is 3.43. The van der Waals surface area contributed by atoms with Crippen molar-refractivity contribution in [2.45, 2.75) is 19.9 Å². The molecule has 0 bridgehead atoms. The molecule has 0 radical (unpaired) electrons. The van der Waals surface area contributed by atoms with E-state index in [-0.39, 0.29) is 0 Å². The molecular weight excluding hydrogens is 268 g/mol. The number of H-pyrrole nitrogens is 1. The topological polar surface area (TPSA) is 17.1 Å². The molecule has 0 unspecified atom stereocenters. The second-order valence-electron chi connectivity index (χ2n) is 6.06. The SMILES string of the molecule is Cc1[nH+]c2ccccc2cc1C=[N+]1CCc2ccccc2C1. The molecule has 0 fully saturated rings. The molecule has 2 nitrogen and oxygen atoms in total. The molecule has 2 heterocycles. The van der Waals surface area contributed by atoms with Gasteiger partial charge in [0, 0.05) is 30.4 Å². The van der Waals surface area contributed by atoms with Gasteiger partial charge in [-0.3, -0.25) is 0 Å². The lowest BCUT2D eigenvalue weighted by Gasteiger charge is -2.14. The fourth-order valence-electron chi connectivity index (χ4n) is 3.25. The Morgan fingerprint density at radius 3 is 2.68 bits per heavy atom. The Morgan fingerprint density at radius 1 is 1.00 bits per heavy atom. The number of aryl methyl sites for hydroxylation is 1. The molecule has 0 spiro atoms. The first-order valence-electron chi connectivity index (χ1n) is 7.87. The molecule has 0 amide bonds. The van der Waals surface area contributed by atoms with Gasteiger partial charge >= 0.3 is 0 Å². The molecule has 1 aromatic heterocycles. The summed E-state index contributed by atoms with van der Waals surface area (Å²) in [7, 11) is 0. The zero-order valence-electron chi connectivity index (χ0n) is 12.8. The number of aromatic nitrogens is 1. The average molecular weight is 288 g/mol. The van der Waals surface area contributed by atoms with E-state index < -0.39 is 0 Å². The first kappa shape index (κ1) is 13.2. The summed E-state index contributed by atoms with van der Waals surface area (Å²) < 4.78 is 2.42. The maximum atomic E-state index is 3.51. The first-order valence-corrected chi connectivity index (χ1v) is 7.87. The van der Waals surface area contributed by atoms with E-state index in [0.717, 1.165) is 19.5 Å². The van der Waals surface area contributed by atoms with Gasteiger partial charge < -0.3 is 0 Å². The van der Waals surface area contributed by atoms with E-state index in [1.165, 1.54) is 33.3 Å². The number of nitrogens with zero attached hydrogens (tertiary/aromatic N) is 1. The molecule has 0 saturated heterocycles. The van der Waals surface area contributed by atoms with Crippen LogP contribution in [0.5, 0.6) is 0 Å². The van der Waals surface area contributed by atoms with Gasteiger partial charge in [-0.15, -0.1) is 0 Å². The van der Waals surface area contributed by atoms with E-state index >= 15 is 0 Å². The van der Waals surface area contributed by atoms with Gasteiger partial charge in [-0.25, -0.2) is 9.56 Å². The Kier molecular flexibility index (Phi) is 3.23. The molecule has 3 aromatic rings. The van der Waals surface area contributed by atoms with Crippen LogP contribution in [0.3, 0.4) is 0 Å². The minimum absolute atomic E-state index is 1.00. The van der Waals surface area contributed by atoms with Crippen LogP contribution in [0.2, 0.25) is 0 Å². The van der Waals surface area contributed by atoms with Crippen molar-refractivity contribution in [1.82, 2.24) is 0 Å². The van der Waals surface area contributed by atoms with E-state index in [9.17, 15) is 0 Å². The van der Waals surface area contributed by atoms with Crippen LogP contribution in [-0.4, -0.2) is 17.3 Å². The number of rotatable bonds is 1. The highest BCUT2D eigenvalue weighted by atomic mass is 15.0. The molecule has 4 rings (SSSR count). The highest BCUT2D eigenvalue weighted by Gasteiger charge is 2.18. The molecule has 0 aliphatic carbocycles. The predicted molar refractivity (Wildman–Crippen MR) is 89.4 cm³/mol. The van der Waals surface area contributed by atoms with E-state index in [1.54, 1.807) is 0 Å². The third-order valence-corrected chi connectivity index (χ3v) is 4.51. The molecule has 0 atom stereocenters. The zero-order valence-corrected chi connectivity index (χ0v) is 12.8. The third kappa shape index (κ3) is 2.41. The van der Waals surface area contributed by atoms with Crippen LogP contribution in [0.1, 0.15) is 22.4 Å². The summed E-state index contributed by atoms with van der Waals surface area (Å²) in [5.74, 6) is 0. The van der Waals surface area contributed by atoms with Crippen molar-refractivity contribution in [3.8, 4) is 0 Å². The molecule has 2 heteroatoms. The maximum absolute atomic E-state index is 3.51. The van der Waals surface area contributed by atoms with Crippen LogP contribution in [0.15, 0.2) is 54.6 Å². The lowest BCUT2D eigenvalue weighted by atomic mass is 10.0. The first-order chi connectivity index (χ1) is 10.8. The van der Waals surface area contributed by atoms with Gasteiger partial charge in [-0.2, -0.15) is 0 Å². The van der Waals surface area contributed by atoms with Crippen molar-refractivity contribution in [2.24, 2.45) is 0 Å². The quantitative estimate of drug-likeness (QED) is 0.612. The van der Waals surface area contributed by atoms with Crippen LogP contribution in [0.4, 0.5) is 0 Å². The average Bonchev–Trinajstić information content (AvgIpc) is 2.55. The summed E-state index contributed by atoms with van der Waals surface area (Å²) in [5.41, 5.74) is 6.64. The van der Waals surface area contributed by atoms with Gasteiger partial charge in [0.1, 0.15) is 12.1 Å². The van der Waals surface area contributed by atoms with Crippen LogP contribution in [0, 0.1) is 6.92 Å². The van der Waals surface area contributed by atoms with Crippen molar-refractivity contribution < 1.29 is 9.56 Å². The fraction of sp³-hybridized carbons (Fsp3) is 0.200. The Hall–Kier alpha value is -2.48. The number of benzene rings is 2. The number of hydrogen-bond acceptors (Lipinski definition) is 0. The smallest absolute Gasteiger partial charge is 0.211 e. The molecule has 0 saturated carbocycles. The van der Waals surface area contributed by atoms with E-state index in [1.807, 2.05) is 0 Å². The summed E-state index contributed by atoms with van der Waals surface area (Å²) in [6.45, 7) is 4.24. The monoisotopic (exact) mass is 288 g/mol. The van der Waals surface area contributed by atoms with Crippen molar-refractivity contribution >= 4 is 17.1 Å². The van der Waals surface area contributed by atoms with Crippen LogP contribution in [-0.2, 0) is 13.0 Å². The van der Waals surface area contributed by atoms with E-state index in [0.29, 0.717) is 0 Å². The number of hydrogen-bond donors (Lipinski definition) is 0. The number of para-hydroxylation sites is 1. The number of aromatic amines is 1. The van der Waals surface area contributed by atoms with Gasteiger partial charge in [0.2, 0.25) is 5.52 Å². The second kappa shape index (κ2) is 5.38. The maximum Gasteiger partial charge on any atom is 0.211 e. The van der Waals surface area contributed by atoms with Crippen molar-refractivity contribution in [3.63, 3.8) is 0 Å². The third-order valence-electron chi connectivity index (χ3n) is 4.51. The molecule has 1 aliphatic rings. The van der Waals surface area contributed by atoms with Crippen molar-refractivity contribution in [1.29, 1.82) is 0 Å². The lowest BCUT2D eigenvalue weighted by molar-refractivity contribution is -0.542. The van der Waals surface area contributed by atoms with E-state index in [2.05, 4.69) is 77.3 Å². The highest BCUT2D eigenvalue weighted by Crippen LogP contribution is 2.17. The second-order valence-corrected chi connectivity index (χ2v) is 6.06. The van der Waals surface area contributed by atoms with Crippen LogP contribution in [0.25, 0.3) is 10.9 Å². The largest absolute Gasteiger partial charge is 0.231 e. The summed E-state index contributed by atoms with van der Waals surface area (Å²) >= 11 is 0. The van der Waals surface area contributed by atoms with Gasteiger partial charge in [-0.1, -0.05) is 36.4 Å². The van der Waals surface area contributed by atoms with Crippen LogP contribution >= 0.6 is 0 Å². The summed E-state index contributed by atoms with van der Waals surface area (Å²) in [6, 6.07) is 19.5. The molecular formula is C20H20N2+2. The number of pyridine rings is 1. The fourth-order valence-corrected chi connectivity index (χ4v) is 3.25. The number of nitrogens with one attached hydrogen (secondary N) is 1. The highest BCUT2D eigenvalue weighted by molar-refractivity contribution is 5.85. The van der Waals surface area contributed by atoms with Gasteiger partial charge in [-0.05, 0) is 17.7 Å². The zero-order chi connectivity index (χ0) is 14.9. The molecule has 2 aromatic carbocycles. The normalized spacial score (nSPS) is 16.0. The van der Waals surface area contributed by atoms with Crippen molar-refractivity contribution in [2.75, 3.05) is 6.54 Å². The van der Waals surface area contributed by atoms with Crippen molar-refractivity contribution in [3.05, 3.63) is 77.0 Å². The molecule has 108 valence electrons. The van der Waals surface area contributed by atoms with Gasteiger partial charge in [0.05, 0.1) is 0 Å². The Morgan fingerprint density at radius 2 is 1.77 bits per heavy atom. The molecule has 22 heavy (non-hydrogen) atoms. The molecule has 1 N–H and O–H groups in total. The minimum Gasteiger partial charge on any atom is -0.231 e. The standard InChI is InChI=1S/C20H19N2/c1-15-19(12-17-7-4-5-9-20(17)21-15)14-22-11-10-16-6-2-3-8-18(16)13-22/h2-9,12,14H,10-11,13H2,1H3/q+1/p+1. The van der Waals surface area contributed by atoms with Crippen LogP contribution < -0.4 is 4.98 Å². The Labute approximate surface area is 130 Å². The Bertz CT molecular complexity index is 878. The van der Waals surface area contributed by atoms with Gasteiger partial charge in [0.15, 0.2) is 18.5 Å². The lowest BCUT2D eigenvalue weighted by Crippen LogP contribution is -2.24. The number of fused-ring (bicyclic) bond motifs is 2. The summed E-state index contributed by atoms with van der Waals surface area (Å²) in [4.78, 5) is 3.51. The molecule has 1 aliphatic heterocycles. The van der Waals surface area contributed by atoms with E-state index in [4.69, 9.17) is 0 Å².